The summed E-state index contributed by atoms with van der Waals surface area (Å²) in [5.74, 6) is -0.793. The lowest BCUT2D eigenvalue weighted by atomic mass is 10.1. The zero-order valence-corrected chi connectivity index (χ0v) is 17.6. The number of nitrogens with one attached hydrogen (secondary N) is 1. The highest BCUT2D eigenvalue weighted by atomic mass is 19.1. The summed E-state index contributed by atoms with van der Waals surface area (Å²) in [5.41, 5.74) is 1.66. The van der Waals surface area contributed by atoms with Gasteiger partial charge in [-0.15, -0.1) is 0 Å². The van der Waals surface area contributed by atoms with E-state index < -0.39 is 10.7 Å². The molecule has 1 aliphatic heterocycles. The smallest absolute Gasteiger partial charge is 0.274 e. The molecule has 1 saturated heterocycles. The van der Waals surface area contributed by atoms with E-state index in [4.69, 9.17) is 0 Å². The monoisotopic (exact) mass is 428 g/mol. The third kappa shape index (κ3) is 5.43. The number of nitrogens with zero attached hydrogens (tertiary/aromatic N) is 3. The minimum Gasteiger partial charge on any atom is -0.367 e. The fourth-order valence-corrected chi connectivity index (χ4v) is 3.62. The number of nitro groups is 1. The average molecular weight is 428 g/mol. The van der Waals surface area contributed by atoms with Crippen LogP contribution in [0.1, 0.15) is 29.3 Å². The third-order valence-corrected chi connectivity index (χ3v) is 5.50. The molecule has 164 valence electrons. The summed E-state index contributed by atoms with van der Waals surface area (Å²) >= 11 is 0. The van der Waals surface area contributed by atoms with Crippen molar-refractivity contribution < 1.29 is 18.9 Å². The molecular formula is C22H25FN4O4. The van der Waals surface area contributed by atoms with Crippen molar-refractivity contribution in [2.24, 2.45) is 0 Å². The molecule has 3 rings (SSSR count). The summed E-state index contributed by atoms with van der Waals surface area (Å²) in [7, 11) is 0. The van der Waals surface area contributed by atoms with Crippen LogP contribution in [0, 0.1) is 22.9 Å². The molecule has 31 heavy (non-hydrogen) atoms. The maximum atomic E-state index is 14.4. The fraction of sp³-hybridized carbons (Fsp3) is 0.364. The van der Waals surface area contributed by atoms with Crippen LogP contribution < -0.4 is 10.2 Å². The number of halogens is 1. The highest BCUT2D eigenvalue weighted by molar-refractivity contribution is 5.94. The third-order valence-electron chi connectivity index (χ3n) is 5.50. The maximum Gasteiger partial charge on any atom is 0.274 e. The molecule has 0 saturated carbocycles. The van der Waals surface area contributed by atoms with Crippen LogP contribution >= 0.6 is 0 Å². The molecule has 1 N–H and O–H groups in total. The second kappa shape index (κ2) is 9.65. The number of hydrogen-bond acceptors (Lipinski definition) is 6. The van der Waals surface area contributed by atoms with E-state index in [-0.39, 0.29) is 23.8 Å². The van der Waals surface area contributed by atoms with Gasteiger partial charge in [-0.25, -0.2) is 4.39 Å². The number of hydrogen-bond donors (Lipinski definition) is 1. The van der Waals surface area contributed by atoms with Crippen LogP contribution in [0.15, 0.2) is 36.4 Å². The molecular weight excluding hydrogens is 403 g/mol. The van der Waals surface area contributed by atoms with Crippen molar-refractivity contribution in [1.82, 2.24) is 4.90 Å². The minimum atomic E-state index is -0.471. The molecule has 2 aromatic rings. The zero-order valence-electron chi connectivity index (χ0n) is 17.6. The van der Waals surface area contributed by atoms with E-state index in [1.54, 1.807) is 31.2 Å². The standard InChI is InChI=1S/C22H25FN4O4/c1-15-19(4-3-5-20(15)27(30)31)24-22(29)8-9-25-10-12-26(13-11-25)21-7-6-17(16(2)28)14-18(21)23/h3-7,14H,8-13H2,1-2H3,(H,24,29). The van der Waals surface area contributed by atoms with E-state index in [0.717, 1.165) is 0 Å². The zero-order chi connectivity index (χ0) is 22.5. The van der Waals surface area contributed by atoms with Crippen LogP contribution in [0.3, 0.4) is 0 Å². The summed E-state index contributed by atoms with van der Waals surface area (Å²) in [6.07, 6.45) is 0.254. The Morgan fingerprint density at radius 3 is 2.48 bits per heavy atom. The molecule has 0 aliphatic carbocycles. The normalized spacial score (nSPS) is 14.4. The van der Waals surface area contributed by atoms with Crippen LogP contribution in [0.25, 0.3) is 0 Å². The first-order valence-corrected chi connectivity index (χ1v) is 10.1. The van der Waals surface area contributed by atoms with Gasteiger partial charge >= 0.3 is 0 Å². The van der Waals surface area contributed by atoms with E-state index in [1.807, 2.05) is 4.90 Å². The highest BCUT2D eigenvalue weighted by Gasteiger charge is 2.21. The SMILES string of the molecule is CC(=O)c1ccc(N2CCN(CCC(=O)Nc3cccc([N+](=O)[O-])c3C)CC2)c(F)c1. The molecule has 0 bridgehead atoms. The average Bonchev–Trinajstić information content (AvgIpc) is 2.74. The van der Waals surface area contributed by atoms with Crippen molar-refractivity contribution in [3.63, 3.8) is 0 Å². The van der Waals surface area contributed by atoms with Crippen molar-refractivity contribution in [2.45, 2.75) is 20.3 Å². The number of benzene rings is 2. The van der Waals surface area contributed by atoms with Crippen LogP contribution in [-0.2, 0) is 4.79 Å². The highest BCUT2D eigenvalue weighted by Crippen LogP contribution is 2.25. The van der Waals surface area contributed by atoms with Gasteiger partial charge in [0.15, 0.2) is 5.78 Å². The minimum absolute atomic E-state index is 0.0301. The Balaban J connectivity index is 1.50. The van der Waals surface area contributed by atoms with E-state index in [9.17, 15) is 24.1 Å². The second-order valence-electron chi connectivity index (χ2n) is 7.56. The quantitative estimate of drug-likeness (QED) is 0.413. The van der Waals surface area contributed by atoms with Gasteiger partial charge in [-0.2, -0.15) is 0 Å². The largest absolute Gasteiger partial charge is 0.367 e. The van der Waals surface area contributed by atoms with E-state index in [2.05, 4.69) is 10.2 Å². The van der Waals surface area contributed by atoms with Gasteiger partial charge in [0.2, 0.25) is 5.91 Å². The van der Waals surface area contributed by atoms with Gasteiger partial charge in [-0.1, -0.05) is 6.07 Å². The molecule has 0 atom stereocenters. The topological polar surface area (TPSA) is 95.8 Å². The van der Waals surface area contributed by atoms with Crippen LogP contribution in [0.2, 0.25) is 0 Å². The Hall–Kier alpha value is -3.33. The number of Topliss-reactive ketones (excluding diaryl/α,β-unsaturated/α-hetero) is 1. The number of carbonyl (C=O) groups is 2. The lowest BCUT2D eigenvalue weighted by Gasteiger charge is -2.36. The maximum absolute atomic E-state index is 14.4. The van der Waals surface area contributed by atoms with Gasteiger partial charge in [0.25, 0.3) is 5.69 Å². The molecule has 0 radical (unpaired) electrons. The number of ketones is 1. The Morgan fingerprint density at radius 1 is 1.16 bits per heavy atom. The van der Waals surface area contributed by atoms with Crippen LogP contribution in [0.4, 0.5) is 21.5 Å². The number of carbonyl (C=O) groups excluding carboxylic acids is 2. The second-order valence-corrected chi connectivity index (χ2v) is 7.56. The van der Waals surface area contributed by atoms with Gasteiger partial charge in [0.1, 0.15) is 5.82 Å². The number of piperazine rings is 1. The van der Waals surface area contributed by atoms with E-state index >= 15 is 0 Å². The van der Waals surface area contributed by atoms with Crippen molar-refractivity contribution in [2.75, 3.05) is 42.9 Å². The van der Waals surface area contributed by atoms with Crippen LogP contribution in [0.5, 0.6) is 0 Å². The molecule has 1 amide bonds. The first kappa shape index (κ1) is 22.4. The summed E-state index contributed by atoms with van der Waals surface area (Å²) < 4.78 is 14.4. The molecule has 1 aliphatic rings. The number of anilines is 2. The first-order valence-electron chi connectivity index (χ1n) is 10.1. The lowest BCUT2D eigenvalue weighted by molar-refractivity contribution is -0.385. The lowest BCUT2D eigenvalue weighted by Crippen LogP contribution is -2.47. The van der Waals surface area contributed by atoms with Crippen molar-refractivity contribution >= 4 is 28.8 Å². The molecule has 1 heterocycles. The molecule has 8 nitrogen and oxygen atoms in total. The summed E-state index contributed by atoms with van der Waals surface area (Å²) in [6, 6.07) is 9.13. The predicted molar refractivity (Wildman–Crippen MR) is 116 cm³/mol. The molecule has 0 unspecified atom stereocenters. The predicted octanol–water partition coefficient (Wildman–Crippen LogP) is 3.40. The first-order chi connectivity index (χ1) is 14.8. The molecule has 9 heteroatoms. The summed E-state index contributed by atoms with van der Waals surface area (Å²) in [5, 5.41) is 13.8. The fourth-order valence-electron chi connectivity index (χ4n) is 3.62. The Morgan fingerprint density at radius 2 is 1.87 bits per heavy atom. The van der Waals surface area contributed by atoms with Gasteiger partial charge in [0, 0.05) is 50.8 Å². The number of nitro benzene ring substituents is 1. The molecule has 0 spiro atoms. The summed E-state index contributed by atoms with van der Waals surface area (Å²) in [4.78, 5) is 38.3. The van der Waals surface area contributed by atoms with Crippen molar-refractivity contribution in [3.8, 4) is 0 Å². The van der Waals surface area contributed by atoms with Gasteiger partial charge < -0.3 is 10.2 Å². The van der Waals surface area contributed by atoms with Gasteiger partial charge in [0.05, 0.1) is 21.9 Å². The van der Waals surface area contributed by atoms with E-state index in [0.29, 0.717) is 55.2 Å². The summed E-state index contributed by atoms with van der Waals surface area (Å²) in [6.45, 7) is 6.14. The number of rotatable bonds is 7. The Labute approximate surface area is 179 Å². The van der Waals surface area contributed by atoms with Crippen LogP contribution in [-0.4, -0.2) is 54.2 Å². The van der Waals surface area contributed by atoms with Gasteiger partial charge in [-0.3, -0.25) is 24.6 Å². The van der Waals surface area contributed by atoms with Gasteiger partial charge in [-0.05, 0) is 38.1 Å². The Kier molecular flexibility index (Phi) is 6.96. The molecule has 2 aromatic carbocycles. The van der Waals surface area contributed by atoms with Crippen molar-refractivity contribution in [1.29, 1.82) is 0 Å². The van der Waals surface area contributed by atoms with Crippen molar-refractivity contribution in [3.05, 3.63) is 63.5 Å². The molecule has 1 fully saturated rings. The van der Waals surface area contributed by atoms with E-state index in [1.165, 1.54) is 19.1 Å². The number of amides is 1. The Bertz CT molecular complexity index is 1000. The molecule has 0 aromatic heterocycles.